The Morgan fingerprint density at radius 1 is 1.19 bits per heavy atom. The molecule has 1 N–H and O–H groups in total. The zero-order valence-corrected chi connectivity index (χ0v) is 15.1. The molecule has 0 saturated carbocycles. The second-order valence-electron chi connectivity index (χ2n) is 6.42. The van der Waals surface area contributed by atoms with E-state index >= 15 is 0 Å². The van der Waals surface area contributed by atoms with Crippen molar-refractivity contribution in [2.24, 2.45) is 0 Å². The number of benzene rings is 2. The molecule has 2 heterocycles. The summed E-state index contributed by atoms with van der Waals surface area (Å²) in [6.07, 6.45) is 0.657. The van der Waals surface area contributed by atoms with Crippen LogP contribution >= 0.6 is 0 Å². The van der Waals surface area contributed by atoms with E-state index in [9.17, 15) is 4.79 Å². The highest BCUT2D eigenvalue weighted by Crippen LogP contribution is 2.40. The maximum absolute atomic E-state index is 13.3. The average Bonchev–Trinajstić information content (AvgIpc) is 2.67. The second kappa shape index (κ2) is 6.33. The predicted molar refractivity (Wildman–Crippen MR) is 103 cm³/mol. The summed E-state index contributed by atoms with van der Waals surface area (Å²) in [5.41, 5.74) is 4.51. The maximum Gasteiger partial charge on any atom is 0.259 e. The van der Waals surface area contributed by atoms with Gasteiger partial charge >= 0.3 is 0 Å². The topological polar surface area (TPSA) is 56.2 Å². The lowest BCUT2D eigenvalue weighted by Crippen LogP contribution is -2.35. The first-order valence-electron chi connectivity index (χ1n) is 8.76. The molecule has 1 aromatic heterocycles. The third kappa shape index (κ3) is 2.47. The fourth-order valence-electron chi connectivity index (χ4n) is 3.64. The summed E-state index contributed by atoms with van der Waals surface area (Å²) in [5, 5.41) is 3.32. The van der Waals surface area contributed by atoms with Gasteiger partial charge in [0.25, 0.3) is 5.56 Å². The van der Waals surface area contributed by atoms with E-state index in [2.05, 4.69) is 10.3 Å². The van der Waals surface area contributed by atoms with E-state index in [0.717, 1.165) is 33.8 Å². The number of anilines is 2. The largest absolute Gasteiger partial charge is 0.497 e. The third-order valence-electron chi connectivity index (χ3n) is 4.94. The summed E-state index contributed by atoms with van der Waals surface area (Å²) < 4.78 is 7.18. The zero-order valence-electron chi connectivity index (χ0n) is 15.1. The van der Waals surface area contributed by atoms with Crippen molar-refractivity contribution >= 4 is 11.6 Å². The molecule has 132 valence electrons. The lowest BCUT2D eigenvalue weighted by atomic mass is 9.94. The van der Waals surface area contributed by atoms with E-state index in [1.165, 1.54) is 0 Å². The maximum atomic E-state index is 13.3. The van der Waals surface area contributed by atoms with Gasteiger partial charge in [0.15, 0.2) is 0 Å². The van der Waals surface area contributed by atoms with Crippen molar-refractivity contribution in [1.29, 1.82) is 0 Å². The molecule has 0 unspecified atom stereocenters. The van der Waals surface area contributed by atoms with Crippen molar-refractivity contribution in [3.8, 4) is 5.75 Å². The Morgan fingerprint density at radius 2 is 1.96 bits per heavy atom. The van der Waals surface area contributed by atoms with Crippen LogP contribution in [-0.4, -0.2) is 16.7 Å². The Kier molecular flexibility index (Phi) is 3.99. The average molecular weight is 347 g/mol. The van der Waals surface area contributed by atoms with Crippen molar-refractivity contribution in [3.05, 3.63) is 81.3 Å². The highest BCUT2D eigenvalue weighted by atomic mass is 16.5. The van der Waals surface area contributed by atoms with Crippen LogP contribution in [0.4, 0.5) is 11.6 Å². The monoisotopic (exact) mass is 347 g/mol. The fraction of sp³-hybridized carbons (Fsp3) is 0.238. The van der Waals surface area contributed by atoms with Gasteiger partial charge < -0.3 is 10.1 Å². The molecule has 5 heteroatoms. The molecule has 1 aliphatic heterocycles. The van der Waals surface area contributed by atoms with Crippen LogP contribution in [0, 0.1) is 6.92 Å². The van der Waals surface area contributed by atoms with E-state index in [4.69, 9.17) is 4.74 Å². The third-order valence-corrected chi connectivity index (χ3v) is 4.94. The minimum Gasteiger partial charge on any atom is -0.497 e. The molecule has 0 saturated heterocycles. The molecule has 1 aliphatic rings. The Balaban J connectivity index is 2.04. The van der Waals surface area contributed by atoms with Gasteiger partial charge in [0.2, 0.25) is 5.95 Å². The molecule has 2 aromatic carbocycles. The molecule has 3 aromatic rings. The van der Waals surface area contributed by atoms with Crippen molar-refractivity contribution in [1.82, 2.24) is 9.55 Å². The standard InChI is InChI=1S/C21H21N3O2/c1-4-16-13(2)22-21-23-18-11-10-15(26-3)12-17(18)19(24(21)20(16)25)14-8-6-5-7-9-14/h5-12,19H,4H2,1-3H3,(H,22,23)/t19-/m1/s1. The van der Waals surface area contributed by atoms with E-state index in [1.807, 2.05) is 62.4 Å². The van der Waals surface area contributed by atoms with Gasteiger partial charge in [-0.05, 0) is 37.1 Å². The van der Waals surface area contributed by atoms with Crippen molar-refractivity contribution in [2.75, 3.05) is 12.4 Å². The number of methoxy groups -OCH3 is 1. The van der Waals surface area contributed by atoms with Crippen LogP contribution in [0.25, 0.3) is 0 Å². The van der Waals surface area contributed by atoms with Gasteiger partial charge in [0.1, 0.15) is 5.75 Å². The Labute approximate surface area is 152 Å². The molecular weight excluding hydrogens is 326 g/mol. The predicted octanol–water partition coefficient (Wildman–Crippen LogP) is 3.82. The first-order chi connectivity index (χ1) is 12.6. The van der Waals surface area contributed by atoms with Crippen molar-refractivity contribution in [2.45, 2.75) is 26.3 Å². The Hall–Kier alpha value is -3.08. The van der Waals surface area contributed by atoms with Gasteiger partial charge in [0, 0.05) is 22.5 Å². The number of hydrogen-bond donors (Lipinski definition) is 1. The lowest BCUT2D eigenvalue weighted by Gasteiger charge is -2.31. The van der Waals surface area contributed by atoms with Crippen LogP contribution < -0.4 is 15.6 Å². The van der Waals surface area contributed by atoms with Crippen LogP contribution in [0.5, 0.6) is 5.75 Å². The summed E-state index contributed by atoms with van der Waals surface area (Å²) in [7, 11) is 1.65. The molecule has 0 amide bonds. The van der Waals surface area contributed by atoms with E-state index in [1.54, 1.807) is 11.7 Å². The molecule has 4 rings (SSSR count). The fourth-order valence-corrected chi connectivity index (χ4v) is 3.64. The van der Waals surface area contributed by atoms with Crippen molar-refractivity contribution < 1.29 is 4.74 Å². The summed E-state index contributed by atoms with van der Waals surface area (Å²) in [5.74, 6) is 1.34. The smallest absolute Gasteiger partial charge is 0.259 e. The van der Waals surface area contributed by atoms with Gasteiger partial charge in [-0.15, -0.1) is 0 Å². The van der Waals surface area contributed by atoms with Gasteiger partial charge in [-0.2, -0.15) is 0 Å². The summed E-state index contributed by atoms with van der Waals surface area (Å²) in [6, 6.07) is 15.7. The summed E-state index contributed by atoms with van der Waals surface area (Å²) in [4.78, 5) is 17.9. The number of nitrogens with zero attached hydrogens (tertiary/aromatic N) is 2. The molecule has 0 aliphatic carbocycles. The van der Waals surface area contributed by atoms with Crippen LogP contribution in [-0.2, 0) is 6.42 Å². The Bertz CT molecular complexity index is 1030. The summed E-state index contributed by atoms with van der Waals surface area (Å²) in [6.45, 7) is 3.88. The molecule has 1 atom stereocenters. The number of ether oxygens (including phenoxy) is 1. The number of hydrogen-bond acceptors (Lipinski definition) is 4. The molecule has 5 nitrogen and oxygen atoms in total. The quantitative estimate of drug-likeness (QED) is 0.612. The summed E-state index contributed by atoms with van der Waals surface area (Å²) >= 11 is 0. The van der Waals surface area contributed by atoms with E-state index < -0.39 is 0 Å². The zero-order chi connectivity index (χ0) is 18.3. The van der Waals surface area contributed by atoms with Gasteiger partial charge in [0.05, 0.1) is 13.2 Å². The number of aromatic nitrogens is 2. The minimum absolute atomic E-state index is 0.00447. The van der Waals surface area contributed by atoms with E-state index in [0.29, 0.717) is 12.4 Å². The molecule has 0 radical (unpaired) electrons. The van der Waals surface area contributed by atoms with Crippen LogP contribution in [0.2, 0.25) is 0 Å². The molecule has 0 spiro atoms. The number of rotatable bonds is 3. The van der Waals surface area contributed by atoms with Gasteiger partial charge in [-0.1, -0.05) is 37.3 Å². The second-order valence-corrected chi connectivity index (χ2v) is 6.42. The Morgan fingerprint density at radius 3 is 2.65 bits per heavy atom. The SMILES string of the molecule is CCc1c(C)nc2n(c1=O)[C@H](c1ccccc1)c1cc(OC)ccc1N2. The first-order valence-corrected chi connectivity index (χ1v) is 8.76. The number of aryl methyl sites for hydroxylation is 1. The number of fused-ring (bicyclic) bond motifs is 2. The molecule has 0 bridgehead atoms. The van der Waals surface area contributed by atoms with E-state index in [-0.39, 0.29) is 11.6 Å². The van der Waals surface area contributed by atoms with Gasteiger partial charge in [-0.25, -0.2) is 4.98 Å². The molecular formula is C21H21N3O2. The molecule has 26 heavy (non-hydrogen) atoms. The molecule has 0 fully saturated rings. The minimum atomic E-state index is -0.247. The van der Waals surface area contributed by atoms with Gasteiger partial charge in [-0.3, -0.25) is 9.36 Å². The highest BCUT2D eigenvalue weighted by molar-refractivity contribution is 5.67. The highest BCUT2D eigenvalue weighted by Gasteiger charge is 2.30. The lowest BCUT2D eigenvalue weighted by molar-refractivity contribution is 0.413. The number of nitrogens with one attached hydrogen (secondary N) is 1. The van der Waals surface area contributed by atoms with Crippen LogP contribution in [0.3, 0.4) is 0 Å². The van der Waals surface area contributed by atoms with Crippen molar-refractivity contribution in [3.63, 3.8) is 0 Å². The van der Waals surface area contributed by atoms with Crippen LogP contribution in [0.15, 0.2) is 53.3 Å². The van der Waals surface area contributed by atoms with Crippen LogP contribution in [0.1, 0.15) is 35.3 Å². The first kappa shape index (κ1) is 16.4. The normalized spacial score (nSPS) is 15.0.